The fourth-order valence-electron chi connectivity index (χ4n) is 3.85. The summed E-state index contributed by atoms with van der Waals surface area (Å²) in [5.41, 5.74) is 4.29. The zero-order valence-corrected chi connectivity index (χ0v) is 19.5. The Kier molecular flexibility index (Phi) is 7.24. The summed E-state index contributed by atoms with van der Waals surface area (Å²) in [5, 5.41) is 12.0. The molecule has 0 fully saturated rings. The molecule has 0 saturated carbocycles. The molecule has 1 aromatic heterocycles. The first-order chi connectivity index (χ1) is 16.0. The molecule has 2 amide bonds. The predicted molar refractivity (Wildman–Crippen MR) is 130 cm³/mol. The Bertz CT molecular complexity index is 1170. The third-order valence-electron chi connectivity index (χ3n) is 5.65. The number of carbonyl (C=O) groups excluding carboxylic acids is 2. The van der Waals surface area contributed by atoms with E-state index in [1.807, 2.05) is 52.8 Å². The van der Waals surface area contributed by atoms with E-state index in [-0.39, 0.29) is 24.0 Å². The molecule has 0 bridgehead atoms. The molecule has 4 rings (SSSR count). The smallest absolute Gasteiger partial charge is 0.233 e. The zero-order chi connectivity index (χ0) is 23.2. The molecule has 8 heteroatoms. The van der Waals surface area contributed by atoms with Crippen LogP contribution in [0.4, 0.5) is 5.69 Å². The minimum atomic E-state index is -0.165. The topological polar surface area (TPSA) is 80.1 Å². The van der Waals surface area contributed by atoms with Gasteiger partial charge in [0.2, 0.25) is 11.8 Å². The molecule has 0 atom stereocenters. The molecule has 0 radical (unpaired) electrons. The molecule has 1 N–H and O–H groups in total. The van der Waals surface area contributed by atoms with Gasteiger partial charge in [-0.25, -0.2) is 0 Å². The van der Waals surface area contributed by atoms with E-state index in [1.165, 1.54) is 22.9 Å². The number of aryl methyl sites for hydroxylation is 1. The monoisotopic (exact) mass is 461 g/mol. The van der Waals surface area contributed by atoms with E-state index in [0.29, 0.717) is 24.1 Å². The highest BCUT2D eigenvalue weighted by molar-refractivity contribution is 7.99. The molecule has 1 aliphatic heterocycles. The van der Waals surface area contributed by atoms with Gasteiger partial charge in [0.1, 0.15) is 5.82 Å². The quantitative estimate of drug-likeness (QED) is 0.409. The second kappa shape index (κ2) is 10.5. The summed E-state index contributed by atoms with van der Waals surface area (Å²) in [4.78, 5) is 27.3. The van der Waals surface area contributed by atoms with Crippen LogP contribution in [0.1, 0.15) is 22.5 Å². The number of fused-ring (bicyclic) bond motifs is 1. The maximum atomic E-state index is 12.8. The van der Waals surface area contributed by atoms with Crippen molar-refractivity contribution in [2.75, 3.05) is 17.6 Å². The Hall–Kier alpha value is -3.39. The minimum absolute atomic E-state index is 0.0708. The number of rotatable bonds is 8. The summed E-state index contributed by atoms with van der Waals surface area (Å²) in [5.74, 6) is 0.721. The highest BCUT2D eigenvalue weighted by Crippen LogP contribution is 2.22. The van der Waals surface area contributed by atoms with Crippen LogP contribution in [0.5, 0.6) is 0 Å². The van der Waals surface area contributed by atoms with Gasteiger partial charge < -0.3 is 14.8 Å². The van der Waals surface area contributed by atoms with Crippen LogP contribution in [0.2, 0.25) is 0 Å². The van der Waals surface area contributed by atoms with Crippen molar-refractivity contribution in [3.05, 3.63) is 83.7 Å². The summed E-state index contributed by atoms with van der Waals surface area (Å²) < 4.78 is 1.84. The van der Waals surface area contributed by atoms with Gasteiger partial charge in [0.25, 0.3) is 0 Å². The molecule has 7 nitrogen and oxygen atoms in total. The normalized spacial score (nSPS) is 12.8. The van der Waals surface area contributed by atoms with Crippen LogP contribution in [0.25, 0.3) is 0 Å². The summed E-state index contributed by atoms with van der Waals surface area (Å²) >= 11 is 1.34. The maximum Gasteiger partial charge on any atom is 0.233 e. The number of hydrogen-bond donors (Lipinski definition) is 1. The van der Waals surface area contributed by atoms with E-state index in [2.05, 4.69) is 34.2 Å². The Morgan fingerprint density at radius 2 is 1.88 bits per heavy atom. The third-order valence-corrected chi connectivity index (χ3v) is 6.60. The molecule has 1 aliphatic rings. The van der Waals surface area contributed by atoms with Gasteiger partial charge in [-0.1, -0.05) is 60.3 Å². The number of thioether (sulfide) groups is 1. The van der Waals surface area contributed by atoms with Crippen molar-refractivity contribution in [1.29, 1.82) is 0 Å². The first kappa shape index (κ1) is 22.8. The molecule has 0 saturated heterocycles. The van der Waals surface area contributed by atoms with E-state index in [4.69, 9.17) is 0 Å². The Morgan fingerprint density at radius 3 is 2.67 bits per heavy atom. The fraction of sp³-hybridized carbons (Fsp3) is 0.280. The lowest BCUT2D eigenvalue weighted by Gasteiger charge is -2.28. The molecule has 2 heterocycles. The van der Waals surface area contributed by atoms with E-state index in [1.54, 1.807) is 6.08 Å². The van der Waals surface area contributed by atoms with Crippen molar-refractivity contribution in [1.82, 2.24) is 19.7 Å². The number of nitrogens with zero attached hydrogens (tertiary/aromatic N) is 4. The van der Waals surface area contributed by atoms with Crippen LogP contribution >= 0.6 is 11.8 Å². The largest absolute Gasteiger partial charge is 0.337 e. The highest BCUT2D eigenvalue weighted by Gasteiger charge is 2.22. The van der Waals surface area contributed by atoms with Gasteiger partial charge in [0.05, 0.1) is 12.2 Å². The SMILES string of the molecule is C=CCn1c(CC(=O)Nc2ccccc2C)nnc1SCC(=O)N1CCc2ccccc2C1. The Labute approximate surface area is 197 Å². The van der Waals surface area contributed by atoms with Crippen molar-refractivity contribution >= 4 is 29.3 Å². The summed E-state index contributed by atoms with van der Waals surface area (Å²) in [7, 11) is 0. The third kappa shape index (κ3) is 5.51. The van der Waals surface area contributed by atoms with Crippen LogP contribution in [-0.2, 0) is 35.5 Å². The van der Waals surface area contributed by atoms with Crippen molar-refractivity contribution < 1.29 is 9.59 Å². The number of aromatic nitrogens is 3. The van der Waals surface area contributed by atoms with Gasteiger partial charge in [-0.3, -0.25) is 9.59 Å². The average molecular weight is 462 g/mol. The molecular weight excluding hydrogens is 434 g/mol. The lowest BCUT2D eigenvalue weighted by atomic mass is 10.00. The second-order valence-corrected chi connectivity index (χ2v) is 8.90. The van der Waals surface area contributed by atoms with E-state index in [9.17, 15) is 9.59 Å². The molecule has 0 unspecified atom stereocenters. The lowest BCUT2D eigenvalue weighted by molar-refractivity contribution is -0.129. The fourth-order valence-corrected chi connectivity index (χ4v) is 4.72. The van der Waals surface area contributed by atoms with Gasteiger partial charge in [-0.2, -0.15) is 0 Å². The molecule has 170 valence electrons. The lowest BCUT2D eigenvalue weighted by Crippen LogP contribution is -2.37. The van der Waals surface area contributed by atoms with E-state index in [0.717, 1.165) is 24.2 Å². The summed E-state index contributed by atoms with van der Waals surface area (Å²) in [6, 6.07) is 15.9. The molecule has 2 aromatic carbocycles. The van der Waals surface area contributed by atoms with Gasteiger partial charge in [-0.05, 0) is 36.1 Å². The standard InChI is InChI=1S/C25H27N5O2S/c1-3-13-30-22(15-23(31)26-21-11-7-4-8-18(21)2)27-28-25(30)33-17-24(32)29-14-12-19-9-5-6-10-20(19)16-29/h3-11H,1,12-17H2,2H3,(H,26,31). The van der Waals surface area contributed by atoms with Gasteiger partial charge >= 0.3 is 0 Å². The number of anilines is 1. The molecule has 0 aliphatic carbocycles. The average Bonchev–Trinajstić information content (AvgIpc) is 3.19. The van der Waals surface area contributed by atoms with Crippen LogP contribution in [0.3, 0.4) is 0 Å². The van der Waals surface area contributed by atoms with Crippen LogP contribution < -0.4 is 5.32 Å². The Balaban J connectivity index is 1.38. The number of hydrogen-bond acceptors (Lipinski definition) is 5. The minimum Gasteiger partial charge on any atom is -0.337 e. The van der Waals surface area contributed by atoms with Crippen molar-refractivity contribution in [3.8, 4) is 0 Å². The number of carbonyl (C=O) groups is 2. The zero-order valence-electron chi connectivity index (χ0n) is 18.7. The number of amides is 2. The van der Waals surface area contributed by atoms with Crippen LogP contribution in [0.15, 0.2) is 66.3 Å². The number of benzene rings is 2. The molecule has 33 heavy (non-hydrogen) atoms. The number of allylic oxidation sites excluding steroid dienone is 1. The highest BCUT2D eigenvalue weighted by atomic mass is 32.2. The van der Waals surface area contributed by atoms with Gasteiger partial charge in [0.15, 0.2) is 5.16 Å². The molecule has 0 spiro atoms. The second-order valence-electron chi connectivity index (χ2n) is 7.96. The van der Waals surface area contributed by atoms with Gasteiger partial charge in [0, 0.05) is 25.3 Å². The Morgan fingerprint density at radius 1 is 1.12 bits per heavy atom. The van der Waals surface area contributed by atoms with Gasteiger partial charge in [-0.15, -0.1) is 16.8 Å². The predicted octanol–water partition coefficient (Wildman–Crippen LogP) is 3.63. The van der Waals surface area contributed by atoms with E-state index < -0.39 is 0 Å². The number of para-hydroxylation sites is 1. The number of nitrogens with one attached hydrogen (secondary N) is 1. The van der Waals surface area contributed by atoms with Crippen molar-refractivity contribution in [2.45, 2.75) is 38.0 Å². The summed E-state index contributed by atoms with van der Waals surface area (Å²) in [6.07, 6.45) is 2.70. The molecular formula is C25H27N5O2S. The first-order valence-corrected chi connectivity index (χ1v) is 11.9. The maximum absolute atomic E-state index is 12.8. The van der Waals surface area contributed by atoms with Crippen molar-refractivity contribution in [3.63, 3.8) is 0 Å². The van der Waals surface area contributed by atoms with Crippen LogP contribution in [-0.4, -0.2) is 43.8 Å². The van der Waals surface area contributed by atoms with Crippen LogP contribution in [0, 0.1) is 6.92 Å². The summed E-state index contributed by atoms with van der Waals surface area (Å²) in [6.45, 7) is 7.58. The molecule has 3 aromatic rings. The first-order valence-electron chi connectivity index (χ1n) is 10.9. The van der Waals surface area contributed by atoms with E-state index >= 15 is 0 Å². The van der Waals surface area contributed by atoms with Crippen molar-refractivity contribution in [2.24, 2.45) is 0 Å².